The molecule has 0 radical (unpaired) electrons. The molecule has 0 fully saturated rings. The second-order valence-corrected chi connectivity index (χ2v) is 11.7. The molecule has 1 aromatic heterocycles. The molecule has 0 aliphatic rings. The number of carbonyl (C=O) groups is 1. The zero-order valence-electron chi connectivity index (χ0n) is 22.4. The average molecular weight is 617 g/mol. The van der Waals surface area contributed by atoms with Gasteiger partial charge in [0.1, 0.15) is 23.0 Å². The monoisotopic (exact) mass is 615 g/mol. The SMILES string of the molecule is COc1cc(OC)cc(C(=O)N/N=C\c2ccc(CN(Cc3ccc(Cl)cc3Cl)S(=O)(=O)c3ccc(C)cc3)o2)c1. The molecule has 0 aliphatic heterocycles. The second-order valence-electron chi connectivity index (χ2n) is 8.93. The highest BCUT2D eigenvalue weighted by atomic mass is 35.5. The lowest BCUT2D eigenvalue weighted by atomic mass is 10.2. The number of hydrogen-bond donors (Lipinski definition) is 1. The first-order valence-corrected chi connectivity index (χ1v) is 14.4. The van der Waals surface area contributed by atoms with Gasteiger partial charge in [0.25, 0.3) is 5.91 Å². The van der Waals surface area contributed by atoms with Crippen LogP contribution in [0.5, 0.6) is 11.5 Å². The Morgan fingerprint density at radius 1 is 0.951 bits per heavy atom. The first-order chi connectivity index (χ1) is 19.6. The summed E-state index contributed by atoms with van der Waals surface area (Å²) in [5.41, 5.74) is 4.22. The van der Waals surface area contributed by atoms with Gasteiger partial charge in [-0.05, 0) is 61.0 Å². The highest BCUT2D eigenvalue weighted by Crippen LogP contribution is 2.27. The molecule has 4 aromatic rings. The number of nitrogens with one attached hydrogen (secondary N) is 1. The molecule has 0 saturated heterocycles. The molecule has 0 unspecified atom stereocenters. The number of methoxy groups -OCH3 is 2. The van der Waals surface area contributed by atoms with Crippen LogP contribution >= 0.6 is 23.2 Å². The van der Waals surface area contributed by atoms with Gasteiger partial charge in [-0.2, -0.15) is 9.41 Å². The maximum absolute atomic E-state index is 13.6. The van der Waals surface area contributed by atoms with Crippen LogP contribution in [0, 0.1) is 6.92 Å². The van der Waals surface area contributed by atoms with E-state index >= 15 is 0 Å². The third kappa shape index (κ3) is 7.68. The Kier molecular flexibility index (Phi) is 9.72. The van der Waals surface area contributed by atoms with Gasteiger partial charge >= 0.3 is 0 Å². The minimum Gasteiger partial charge on any atom is -0.497 e. The third-order valence-corrected chi connectivity index (χ3v) is 8.40. The normalized spacial score (nSPS) is 11.7. The molecule has 4 rings (SSSR count). The highest BCUT2D eigenvalue weighted by Gasteiger charge is 2.27. The van der Waals surface area contributed by atoms with Crippen LogP contribution in [0.15, 0.2) is 87.2 Å². The Labute approximate surface area is 248 Å². The molecule has 9 nitrogen and oxygen atoms in total. The Morgan fingerprint density at radius 2 is 1.63 bits per heavy atom. The van der Waals surface area contributed by atoms with E-state index in [1.807, 2.05) is 6.92 Å². The summed E-state index contributed by atoms with van der Waals surface area (Å²) in [6.45, 7) is 1.78. The van der Waals surface area contributed by atoms with E-state index in [1.54, 1.807) is 72.8 Å². The van der Waals surface area contributed by atoms with Gasteiger partial charge in [0.15, 0.2) is 0 Å². The number of sulfonamides is 1. The number of aryl methyl sites for hydroxylation is 1. The average Bonchev–Trinajstić information content (AvgIpc) is 3.40. The molecule has 0 saturated carbocycles. The molecule has 0 aliphatic carbocycles. The van der Waals surface area contributed by atoms with Crippen molar-refractivity contribution >= 4 is 45.3 Å². The third-order valence-electron chi connectivity index (χ3n) is 6.01. The lowest BCUT2D eigenvalue weighted by Crippen LogP contribution is -2.30. The first-order valence-electron chi connectivity index (χ1n) is 12.2. The van der Waals surface area contributed by atoms with E-state index in [2.05, 4.69) is 10.5 Å². The maximum Gasteiger partial charge on any atom is 0.271 e. The van der Waals surface area contributed by atoms with Gasteiger partial charge in [0.05, 0.1) is 31.9 Å². The molecule has 0 spiro atoms. The van der Waals surface area contributed by atoms with Crippen molar-refractivity contribution < 1.29 is 27.1 Å². The van der Waals surface area contributed by atoms with Crippen LogP contribution in [0.1, 0.15) is 33.0 Å². The van der Waals surface area contributed by atoms with Crippen molar-refractivity contribution in [3.63, 3.8) is 0 Å². The van der Waals surface area contributed by atoms with Gasteiger partial charge in [-0.15, -0.1) is 0 Å². The number of rotatable bonds is 11. The molecule has 214 valence electrons. The van der Waals surface area contributed by atoms with Crippen LogP contribution in [-0.4, -0.2) is 39.1 Å². The zero-order chi connectivity index (χ0) is 29.6. The lowest BCUT2D eigenvalue weighted by Gasteiger charge is -2.22. The van der Waals surface area contributed by atoms with E-state index in [1.165, 1.54) is 24.7 Å². The largest absolute Gasteiger partial charge is 0.497 e. The van der Waals surface area contributed by atoms with Crippen LogP contribution in [-0.2, 0) is 23.1 Å². The number of ether oxygens (including phenoxy) is 2. The molecule has 3 aromatic carbocycles. The smallest absolute Gasteiger partial charge is 0.271 e. The summed E-state index contributed by atoms with van der Waals surface area (Å²) < 4.78 is 44.7. The standard InChI is InChI=1S/C29H27Cl2N3O6S/c1-19-4-10-27(11-5-19)41(36,37)34(17-20-6-7-22(30)14-28(20)31)18-24-9-8-23(40-24)16-32-33-29(35)21-12-25(38-2)15-26(13-21)39-3/h4-16H,17-18H2,1-3H3,(H,33,35)/b32-16-. The summed E-state index contributed by atoms with van der Waals surface area (Å²) in [5.74, 6) is 1.09. The molecule has 12 heteroatoms. The van der Waals surface area contributed by atoms with Crippen LogP contribution in [0.4, 0.5) is 0 Å². The summed E-state index contributed by atoms with van der Waals surface area (Å²) in [6, 6.07) is 19.5. The minimum absolute atomic E-state index is 0.0175. The summed E-state index contributed by atoms with van der Waals surface area (Å²) >= 11 is 12.4. The van der Waals surface area contributed by atoms with Crippen LogP contribution in [0.3, 0.4) is 0 Å². The molecule has 0 bridgehead atoms. The fourth-order valence-electron chi connectivity index (χ4n) is 3.81. The topological polar surface area (TPSA) is 110 Å². The predicted octanol–water partition coefficient (Wildman–Crippen LogP) is 6.07. The van der Waals surface area contributed by atoms with Crippen molar-refractivity contribution in [2.45, 2.75) is 24.9 Å². The Bertz CT molecular complexity index is 1650. The van der Waals surface area contributed by atoms with E-state index in [0.717, 1.165) is 5.56 Å². The molecular formula is C29H27Cl2N3O6S. The fraction of sp³-hybridized carbons (Fsp3) is 0.172. The summed E-state index contributed by atoms with van der Waals surface area (Å²) in [6.07, 6.45) is 1.31. The molecule has 1 heterocycles. The van der Waals surface area contributed by atoms with E-state index in [4.69, 9.17) is 37.1 Å². The van der Waals surface area contributed by atoms with Gasteiger partial charge in [-0.25, -0.2) is 13.8 Å². The number of hydrogen-bond acceptors (Lipinski definition) is 7. The van der Waals surface area contributed by atoms with Crippen molar-refractivity contribution in [1.29, 1.82) is 0 Å². The van der Waals surface area contributed by atoms with Crippen molar-refractivity contribution in [3.8, 4) is 11.5 Å². The van der Waals surface area contributed by atoms with Gasteiger partial charge in [0.2, 0.25) is 10.0 Å². The lowest BCUT2D eigenvalue weighted by molar-refractivity contribution is 0.0954. The summed E-state index contributed by atoms with van der Waals surface area (Å²) in [5, 5.41) is 4.74. The molecule has 1 N–H and O–H groups in total. The second kappa shape index (κ2) is 13.2. The molecule has 0 atom stereocenters. The Balaban J connectivity index is 1.52. The Hall–Kier alpha value is -3.83. The number of hydrazone groups is 1. The first kappa shape index (κ1) is 30.1. The molecular weight excluding hydrogens is 589 g/mol. The quantitative estimate of drug-likeness (QED) is 0.162. The summed E-state index contributed by atoms with van der Waals surface area (Å²) in [4.78, 5) is 12.7. The van der Waals surface area contributed by atoms with Crippen molar-refractivity contribution in [1.82, 2.24) is 9.73 Å². The number of nitrogens with zero attached hydrogens (tertiary/aromatic N) is 2. The fourth-order valence-corrected chi connectivity index (χ4v) is 5.66. The summed E-state index contributed by atoms with van der Waals surface area (Å²) in [7, 11) is -0.959. The Morgan fingerprint density at radius 3 is 2.27 bits per heavy atom. The van der Waals surface area contributed by atoms with Gasteiger partial charge in [-0.3, -0.25) is 4.79 Å². The zero-order valence-corrected chi connectivity index (χ0v) is 24.8. The number of amides is 1. The number of furan rings is 1. The van der Waals surface area contributed by atoms with Crippen molar-refractivity contribution in [2.75, 3.05) is 14.2 Å². The van der Waals surface area contributed by atoms with Crippen LogP contribution in [0.2, 0.25) is 10.0 Å². The number of halogens is 2. The predicted molar refractivity (Wildman–Crippen MR) is 157 cm³/mol. The van der Waals surface area contributed by atoms with E-state index in [9.17, 15) is 13.2 Å². The van der Waals surface area contributed by atoms with Gasteiger partial charge in [0, 0.05) is 28.2 Å². The van der Waals surface area contributed by atoms with Crippen LogP contribution in [0.25, 0.3) is 0 Å². The van der Waals surface area contributed by atoms with Crippen LogP contribution < -0.4 is 14.9 Å². The molecule has 1 amide bonds. The van der Waals surface area contributed by atoms with Gasteiger partial charge in [-0.1, -0.05) is 47.0 Å². The van der Waals surface area contributed by atoms with E-state index < -0.39 is 15.9 Å². The maximum atomic E-state index is 13.6. The van der Waals surface area contributed by atoms with E-state index in [-0.39, 0.29) is 23.5 Å². The van der Waals surface area contributed by atoms with Crippen molar-refractivity contribution in [3.05, 3.63) is 111 Å². The van der Waals surface area contributed by atoms with Gasteiger partial charge < -0.3 is 13.9 Å². The number of carbonyl (C=O) groups excluding carboxylic acids is 1. The van der Waals surface area contributed by atoms with E-state index in [0.29, 0.717) is 38.6 Å². The van der Waals surface area contributed by atoms with Crippen molar-refractivity contribution in [2.24, 2.45) is 5.10 Å². The molecule has 41 heavy (non-hydrogen) atoms. The number of benzene rings is 3. The minimum atomic E-state index is -3.93. The highest BCUT2D eigenvalue weighted by molar-refractivity contribution is 7.89.